The summed E-state index contributed by atoms with van der Waals surface area (Å²) in [7, 11) is 0. The Morgan fingerprint density at radius 3 is 1.16 bits per heavy atom. The van der Waals surface area contributed by atoms with Gasteiger partial charge in [-0.2, -0.15) is 0 Å². The Kier molecular flexibility index (Phi) is 9.24. The second kappa shape index (κ2) is 16.0. The van der Waals surface area contributed by atoms with Gasteiger partial charge in [-0.25, -0.2) is 9.97 Å². The van der Waals surface area contributed by atoms with Gasteiger partial charge in [0.15, 0.2) is 5.82 Å². The summed E-state index contributed by atoms with van der Waals surface area (Å²) < 4.78 is 0. The number of aromatic nitrogens is 2. The number of para-hydroxylation sites is 1. The van der Waals surface area contributed by atoms with Gasteiger partial charge >= 0.3 is 0 Å². The molecule has 3 heterocycles. The Morgan fingerprint density at radius 1 is 0.313 bits per heavy atom. The second-order valence-corrected chi connectivity index (χ2v) is 17.4. The summed E-state index contributed by atoms with van der Waals surface area (Å²) in [6.45, 7) is -0.103. The minimum atomic E-state index is -0.103. The molecule has 0 amide bonds. The number of rotatable bonds is 7. The van der Waals surface area contributed by atoms with Crippen molar-refractivity contribution in [3.63, 3.8) is 0 Å². The van der Waals surface area contributed by atoms with Crippen LogP contribution in [0.4, 0.5) is 34.1 Å². The molecule has 0 saturated heterocycles. The maximum absolute atomic E-state index is 5.22. The van der Waals surface area contributed by atoms with Crippen LogP contribution in [0, 0.1) is 0 Å². The lowest BCUT2D eigenvalue weighted by molar-refractivity contribution is 1.21. The molecule has 312 valence electrons. The molecule has 0 saturated carbocycles. The average molecular weight is 853 g/mol. The van der Waals surface area contributed by atoms with Gasteiger partial charge in [0.25, 0.3) is 6.71 Å². The first-order valence-electron chi connectivity index (χ1n) is 22.9. The number of hydrogen-bond donors (Lipinski definition) is 0. The Hall–Kier alpha value is -8.80. The molecule has 0 fully saturated rings. The van der Waals surface area contributed by atoms with E-state index in [0.29, 0.717) is 5.82 Å². The normalized spacial score (nSPS) is 12.4. The van der Waals surface area contributed by atoms with Crippen molar-refractivity contribution in [2.45, 2.75) is 0 Å². The van der Waals surface area contributed by atoms with Crippen LogP contribution >= 0.6 is 0 Å². The van der Waals surface area contributed by atoms with Crippen molar-refractivity contribution in [1.29, 1.82) is 0 Å². The Bertz CT molecular complexity index is 3420. The Balaban J connectivity index is 1.11. The van der Waals surface area contributed by atoms with Crippen molar-refractivity contribution in [3.8, 4) is 55.9 Å². The predicted octanol–water partition coefficient (Wildman–Crippen LogP) is 14.0. The van der Waals surface area contributed by atoms with Gasteiger partial charge in [-0.15, -0.1) is 0 Å². The summed E-state index contributed by atoms with van der Waals surface area (Å²) in [4.78, 5) is 15.2. The fourth-order valence-electron chi connectivity index (χ4n) is 10.3. The maximum atomic E-state index is 5.22. The second-order valence-electron chi connectivity index (χ2n) is 17.4. The van der Waals surface area contributed by atoms with Crippen molar-refractivity contribution in [3.05, 3.63) is 249 Å². The van der Waals surface area contributed by atoms with Crippen LogP contribution in [0.2, 0.25) is 0 Å². The van der Waals surface area contributed by atoms with Crippen LogP contribution < -0.4 is 26.2 Å². The Labute approximate surface area is 390 Å². The van der Waals surface area contributed by atoms with Crippen LogP contribution in [0.1, 0.15) is 0 Å². The lowest BCUT2D eigenvalue weighted by atomic mass is 9.33. The summed E-state index contributed by atoms with van der Waals surface area (Å²) in [6, 6.07) is 87.9. The zero-order chi connectivity index (χ0) is 44.3. The van der Waals surface area contributed by atoms with Crippen molar-refractivity contribution in [2.75, 3.05) is 9.80 Å². The number of fused-ring (bicyclic) bond motifs is 5. The number of benzene rings is 10. The largest absolute Gasteiger partial charge is 0.311 e. The van der Waals surface area contributed by atoms with Crippen LogP contribution in [-0.2, 0) is 0 Å². The molecular weight excluding hydrogens is 812 g/mol. The summed E-state index contributed by atoms with van der Waals surface area (Å²) in [5, 5.41) is 1.01. The maximum Gasteiger partial charge on any atom is 0.252 e. The molecule has 0 N–H and O–H groups in total. The SMILES string of the molecule is c1ccc(-c2ccc(N3c4ccc(-c5ccccc5)cc4B4c5cc(-c6ccccc6)ccc5N(c5ccc(-c6ccccc6)cc5)c5cc(-c6ncc7ccccc7n6)cc3c54)cc2)cc1. The first-order valence-corrected chi connectivity index (χ1v) is 22.9. The molecule has 0 spiro atoms. The number of nitrogens with zero attached hydrogens (tertiary/aromatic N) is 4. The van der Waals surface area contributed by atoms with Gasteiger partial charge in [-0.05, 0) is 115 Å². The van der Waals surface area contributed by atoms with Crippen molar-refractivity contribution in [2.24, 2.45) is 0 Å². The standard InChI is InChI=1S/C62H41BN4/c1-5-15-42(16-6-1)46-25-31-52(32-26-46)66-57-35-29-48(44-19-9-3-10-20-44)37-54(57)63-55-38-49(45-21-11-4-12-22-45)30-36-58(55)67(53-33-27-47(28-34-53)43-17-7-2-8-18-43)60-40-51(39-59(66)61(60)63)62-64-41-50-23-13-14-24-56(50)65-62/h1-41H. The van der Waals surface area contributed by atoms with Gasteiger partial charge in [0.05, 0.1) is 5.52 Å². The lowest BCUT2D eigenvalue weighted by Gasteiger charge is -2.44. The van der Waals surface area contributed by atoms with Gasteiger partial charge in [-0.1, -0.05) is 188 Å². The molecule has 2 aliphatic rings. The van der Waals surface area contributed by atoms with E-state index in [1.807, 2.05) is 18.3 Å². The number of hydrogen-bond acceptors (Lipinski definition) is 4. The van der Waals surface area contributed by atoms with Crippen molar-refractivity contribution < 1.29 is 0 Å². The molecule has 4 nitrogen and oxygen atoms in total. The molecule has 1 aromatic heterocycles. The fourth-order valence-corrected chi connectivity index (χ4v) is 10.3. The van der Waals surface area contributed by atoms with E-state index in [1.165, 1.54) is 60.9 Å². The topological polar surface area (TPSA) is 32.3 Å². The minimum absolute atomic E-state index is 0.103. The highest BCUT2D eigenvalue weighted by molar-refractivity contribution is 7.00. The molecule has 10 aromatic carbocycles. The quantitative estimate of drug-likeness (QED) is 0.150. The van der Waals surface area contributed by atoms with Crippen LogP contribution in [-0.4, -0.2) is 16.7 Å². The monoisotopic (exact) mass is 852 g/mol. The third kappa shape index (κ3) is 6.71. The first-order chi connectivity index (χ1) is 33.2. The van der Waals surface area contributed by atoms with E-state index < -0.39 is 0 Å². The molecule has 2 aliphatic heterocycles. The van der Waals surface area contributed by atoms with Crippen LogP contribution in [0.3, 0.4) is 0 Å². The van der Waals surface area contributed by atoms with Crippen LogP contribution in [0.5, 0.6) is 0 Å². The highest BCUT2D eigenvalue weighted by atomic mass is 15.2. The van der Waals surface area contributed by atoms with Gasteiger partial charge in [-0.3, -0.25) is 0 Å². The zero-order valence-corrected chi connectivity index (χ0v) is 36.5. The smallest absolute Gasteiger partial charge is 0.252 e. The molecule has 11 aromatic rings. The zero-order valence-electron chi connectivity index (χ0n) is 36.5. The van der Waals surface area contributed by atoms with E-state index in [-0.39, 0.29) is 6.71 Å². The molecular formula is C62H41BN4. The average Bonchev–Trinajstić information content (AvgIpc) is 3.41. The Morgan fingerprint density at radius 2 is 0.701 bits per heavy atom. The summed E-state index contributed by atoms with van der Waals surface area (Å²) in [6.07, 6.45) is 1.95. The highest BCUT2D eigenvalue weighted by Crippen LogP contribution is 2.47. The van der Waals surface area contributed by atoms with E-state index in [9.17, 15) is 0 Å². The van der Waals surface area contributed by atoms with Gasteiger partial charge in [0.2, 0.25) is 0 Å². The van der Waals surface area contributed by atoms with Gasteiger partial charge in [0.1, 0.15) is 0 Å². The number of anilines is 6. The van der Waals surface area contributed by atoms with E-state index >= 15 is 0 Å². The highest BCUT2D eigenvalue weighted by Gasteiger charge is 2.44. The predicted molar refractivity (Wildman–Crippen MR) is 281 cm³/mol. The van der Waals surface area contributed by atoms with Crippen molar-refractivity contribution in [1.82, 2.24) is 9.97 Å². The third-order valence-corrected chi connectivity index (χ3v) is 13.5. The molecule has 67 heavy (non-hydrogen) atoms. The summed E-state index contributed by atoms with van der Waals surface area (Å²) in [5.41, 5.74) is 21.7. The molecule has 13 rings (SSSR count). The lowest BCUT2D eigenvalue weighted by Crippen LogP contribution is -2.61. The summed E-state index contributed by atoms with van der Waals surface area (Å²) >= 11 is 0. The minimum Gasteiger partial charge on any atom is -0.311 e. The van der Waals surface area contributed by atoms with Crippen molar-refractivity contribution >= 4 is 68.1 Å². The molecule has 5 heteroatoms. The van der Waals surface area contributed by atoms with E-state index in [4.69, 9.17) is 9.97 Å². The van der Waals surface area contributed by atoms with Crippen LogP contribution in [0.15, 0.2) is 249 Å². The van der Waals surface area contributed by atoms with E-state index in [0.717, 1.165) is 50.6 Å². The van der Waals surface area contributed by atoms with Crippen LogP contribution in [0.25, 0.3) is 66.8 Å². The van der Waals surface area contributed by atoms with E-state index in [1.54, 1.807) is 0 Å². The van der Waals surface area contributed by atoms with Gasteiger partial charge in [0, 0.05) is 51.3 Å². The summed E-state index contributed by atoms with van der Waals surface area (Å²) in [5.74, 6) is 0.684. The molecule has 0 atom stereocenters. The fraction of sp³-hybridized carbons (Fsp3) is 0. The molecule has 0 bridgehead atoms. The molecule has 0 unspecified atom stereocenters. The van der Waals surface area contributed by atoms with E-state index in [2.05, 4.69) is 240 Å². The third-order valence-electron chi connectivity index (χ3n) is 13.5. The molecule has 0 radical (unpaired) electrons. The molecule has 0 aliphatic carbocycles. The van der Waals surface area contributed by atoms with Gasteiger partial charge < -0.3 is 9.80 Å². The first kappa shape index (κ1) is 38.6.